The second kappa shape index (κ2) is 10.2. The van der Waals surface area contributed by atoms with Gasteiger partial charge in [0.25, 0.3) is 0 Å². The number of anilines is 2. The quantitative estimate of drug-likeness (QED) is 0.340. The fourth-order valence-corrected chi connectivity index (χ4v) is 3.03. The third-order valence-electron chi connectivity index (χ3n) is 4.33. The summed E-state index contributed by atoms with van der Waals surface area (Å²) in [5.41, 5.74) is 1.94. The molecule has 0 bridgehead atoms. The van der Waals surface area contributed by atoms with E-state index in [1.165, 1.54) is 6.07 Å². The minimum absolute atomic E-state index is 0.0647. The maximum absolute atomic E-state index is 12.2. The SMILES string of the molecule is CCOC(=O)C(=O)Nc1cc(C)c(Oc2ccc(O)c(NC(=O)CC(C)(C)C)c2)c(C)c1. The Morgan fingerprint density at radius 2 is 1.62 bits per heavy atom. The van der Waals surface area contributed by atoms with Gasteiger partial charge in [0.05, 0.1) is 12.3 Å². The van der Waals surface area contributed by atoms with Gasteiger partial charge >= 0.3 is 11.9 Å². The zero-order valence-corrected chi connectivity index (χ0v) is 19.3. The first kappa shape index (κ1) is 24.7. The third kappa shape index (κ3) is 7.01. The van der Waals surface area contributed by atoms with E-state index in [0.29, 0.717) is 23.6 Å². The van der Waals surface area contributed by atoms with E-state index in [1.807, 2.05) is 20.8 Å². The molecule has 0 aliphatic rings. The van der Waals surface area contributed by atoms with Gasteiger partial charge in [0.15, 0.2) is 0 Å². The Balaban J connectivity index is 2.19. The number of carbonyl (C=O) groups excluding carboxylic acids is 3. The largest absolute Gasteiger partial charge is 0.506 e. The summed E-state index contributed by atoms with van der Waals surface area (Å²) in [5, 5.41) is 15.3. The molecule has 2 amide bonds. The normalized spacial score (nSPS) is 10.9. The maximum Gasteiger partial charge on any atom is 0.397 e. The minimum Gasteiger partial charge on any atom is -0.506 e. The van der Waals surface area contributed by atoms with Crippen molar-refractivity contribution in [2.24, 2.45) is 5.41 Å². The summed E-state index contributed by atoms with van der Waals surface area (Å²) in [7, 11) is 0. The highest BCUT2D eigenvalue weighted by Crippen LogP contribution is 2.35. The summed E-state index contributed by atoms with van der Waals surface area (Å²) in [6.45, 7) is 11.2. The van der Waals surface area contributed by atoms with Crippen LogP contribution in [0.4, 0.5) is 11.4 Å². The fourth-order valence-electron chi connectivity index (χ4n) is 3.03. The van der Waals surface area contributed by atoms with Crippen molar-refractivity contribution in [3.63, 3.8) is 0 Å². The summed E-state index contributed by atoms with van der Waals surface area (Å²) >= 11 is 0. The van der Waals surface area contributed by atoms with Gasteiger partial charge in [-0.05, 0) is 61.6 Å². The Labute approximate surface area is 187 Å². The summed E-state index contributed by atoms with van der Waals surface area (Å²) in [6.07, 6.45) is 0.300. The number of benzene rings is 2. The molecular formula is C24H30N2O6. The van der Waals surface area contributed by atoms with Crippen LogP contribution < -0.4 is 15.4 Å². The van der Waals surface area contributed by atoms with Crippen LogP contribution in [0.5, 0.6) is 17.2 Å². The number of phenols is 1. The van der Waals surface area contributed by atoms with Crippen LogP contribution in [0.3, 0.4) is 0 Å². The Morgan fingerprint density at radius 3 is 2.19 bits per heavy atom. The number of carbonyl (C=O) groups is 3. The molecule has 0 heterocycles. The van der Waals surface area contributed by atoms with Crippen LogP contribution in [0.25, 0.3) is 0 Å². The number of nitrogens with one attached hydrogen (secondary N) is 2. The van der Waals surface area contributed by atoms with E-state index in [4.69, 9.17) is 4.74 Å². The highest BCUT2D eigenvalue weighted by Gasteiger charge is 2.18. The number of hydrogen-bond donors (Lipinski definition) is 3. The first-order valence-corrected chi connectivity index (χ1v) is 10.3. The standard InChI is InChI=1S/C24H30N2O6/c1-7-31-23(30)22(29)25-16-10-14(2)21(15(3)11-16)32-17-8-9-19(27)18(12-17)26-20(28)13-24(4,5)6/h8-12,27H,7,13H2,1-6H3,(H,25,29)(H,26,28). The Hall–Kier alpha value is -3.55. The molecule has 0 saturated carbocycles. The first-order valence-electron chi connectivity index (χ1n) is 10.3. The van der Waals surface area contributed by atoms with Gasteiger partial charge in [-0.25, -0.2) is 4.79 Å². The molecule has 0 unspecified atom stereocenters. The van der Waals surface area contributed by atoms with Crippen molar-refractivity contribution in [2.45, 2.75) is 48.0 Å². The lowest BCUT2D eigenvalue weighted by Crippen LogP contribution is -2.25. The number of rotatable bonds is 6. The topological polar surface area (TPSA) is 114 Å². The Bertz CT molecular complexity index is 1000. The molecule has 0 fully saturated rings. The third-order valence-corrected chi connectivity index (χ3v) is 4.33. The molecule has 8 heteroatoms. The van der Waals surface area contributed by atoms with Crippen LogP contribution in [-0.2, 0) is 19.1 Å². The van der Waals surface area contributed by atoms with Crippen molar-refractivity contribution in [3.05, 3.63) is 41.5 Å². The fraction of sp³-hybridized carbons (Fsp3) is 0.375. The summed E-state index contributed by atoms with van der Waals surface area (Å²) in [5.74, 6) is -1.11. The van der Waals surface area contributed by atoms with E-state index in [-0.39, 0.29) is 29.4 Å². The van der Waals surface area contributed by atoms with Crippen molar-refractivity contribution in [1.29, 1.82) is 0 Å². The zero-order chi connectivity index (χ0) is 24.1. The number of aromatic hydroxyl groups is 1. The molecule has 0 aliphatic heterocycles. The van der Waals surface area contributed by atoms with E-state index in [9.17, 15) is 19.5 Å². The summed E-state index contributed by atoms with van der Waals surface area (Å²) in [6, 6.07) is 7.92. The smallest absolute Gasteiger partial charge is 0.397 e. The molecule has 0 aromatic heterocycles. The van der Waals surface area contributed by atoms with E-state index in [1.54, 1.807) is 45.0 Å². The first-order chi connectivity index (χ1) is 14.9. The van der Waals surface area contributed by atoms with Crippen molar-refractivity contribution in [1.82, 2.24) is 0 Å². The molecular weight excluding hydrogens is 412 g/mol. The van der Waals surface area contributed by atoms with Crippen molar-refractivity contribution >= 4 is 29.2 Å². The lowest BCUT2D eigenvalue weighted by atomic mass is 9.92. The van der Waals surface area contributed by atoms with Gasteiger partial charge in [-0.2, -0.15) is 0 Å². The highest BCUT2D eigenvalue weighted by molar-refractivity contribution is 6.37. The zero-order valence-electron chi connectivity index (χ0n) is 19.3. The van der Waals surface area contributed by atoms with Crippen molar-refractivity contribution in [3.8, 4) is 17.2 Å². The lowest BCUT2D eigenvalue weighted by Gasteiger charge is -2.18. The maximum atomic E-state index is 12.2. The summed E-state index contributed by atoms with van der Waals surface area (Å²) < 4.78 is 10.7. The molecule has 0 atom stereocenters. The molecule has 0 spiro atoms. The number of amides is 2. The minimum atomic E-state index is -0.951. The molecule has 0 aliphatic carbocycles. The molecule has 2 aromatic rings. The predicted molar refractivity (Wildman–Crippen MR) is 122 cm³/mol. The number of phenolic OH excluding ortho intramolecular Hbond substituents is 1. The van der Waals surface area contributed by atoms with Crippen LogP contribution in [0, 0.1) is 19.3 Å². The van der Waals surface area contributed by atoms with E-state index < -0.39 is 11.9 Å². The predicted octanol–water partition coefficient (Wildman–Crippen LogP) is 4.68. The summed E-state index contributed by atoms with van der Waals surface area (Å²) in [4.78, 5) is 35.6. The average molecular weight is 443 g/mol. The Morgan fingerprint density at radius 1 is 1.00 bits per heavy atom. The molecule has 2 rings (SSSR count). The lowest BCUT2D eigenvalue weighted by molar-refractivity contribution is -0.152. The molecule has 0 saturated heterocycles. The van der Waals surface area contributed by atoms with E-state index in [0.717, 1.165) is 11.1 Å². The monoisotopic (exact) mass is 442 g/mol. The van der Waals surface area contributed by atoms with Crippen LogP contribution in [0.2, 0.25) is 0 Å². The molecule has 3 N–H and O–H groups in total. The van der Waals surface area contributed by atoms with Crippen molar-refractivity contribution < 1.29 is 29.0 Å². The van der Waals surface area contributed by atoms with Gasteiger partial charge in [-0.1, -0.05) is 20.8 Å². The van der Waals surface area contributed by atoms with Gasteiger partial charge in [-0.15, -0.1) is 0 Å². The number of hydrogen-bond acceptors (Lipinski definition) is 6. The highest BCUT2D eigenvalue weighted by atomic mass is 16.5. The molecule has 0 radical (unpaired) electrons. The molecule has 172 valence electrons. The number of ether oxygens (including phenoxy) is 2. The van der Waals surface area contributed by atoms with Gasteiger partial charge in [0, 0.05) is 18.2 Å². The number of aryl methyl sites for hydroxylation is 2. The molecule has 8 nitrogen and oxygen atoms in total. The number of esters is 1. The second-order valence-electron chi connectivity index (χ2n) is 8.68. The van der Waals surface area contributed by atoms with Crippen LogP contribution in [0.15, 0.2) is 30.3 Å². The van der Waals surface area contributed by atoms with Crippen LogP contribution in [-0.4, -0.2) is 29.5 Å². The molecule has 2 aromatic carbocycles. The van der Waals surface area contributed by atoms with Crippen molar-refractivity contribution in [2.75, 3.05) is 17.2 Å². The van der Waals surface area contributed by atoms with Gasteiger partial charge in [-0.3, -0.25) is 9.59 Å². The van der Waals surface area contributed by atoms with E-state index >= 15 is 0 Å². The van der Waals surface area contributed by atoms with Gasteiger partial charge in [0.2, 0.25) is 5.91 Å². The molecule has 32 heavy (non-hydrogen) atoms. The van der Waals surface area contributed by atoms with Crippen LogP contribution in [0.1, 0.15) is 45.2 Å². The van der Waals surface area contributed by atoms with Gasteiger partial charge in [0.1, 0.15) is 17.2 Å². The Kier molecular flexibility index (Phi) is 7.86. The average Bonchev–Trinajstić information content (AvgIpc) is 2.65. The van der Waals surface area contributed by atoms with E-state index in [2.05, 4.69) is 15.4 Å². The van der Waals surface area contributed by atoms with Gasteiger partial charge < -0.3 is 25.2 Å². The second-order valence-corrected chi connectivity index (χ2v) is 8.68. The van der Waals surface area contributed by atoms with Crippen LogP contribution >= 0.6 is 0 Å².